The molecule has 2 aliphatic rings. The van der Waals surface area contributed by atoms with E-state index < -0.39 is 6.29 Å². The minimum absolute atomic E-state index is 0.133. The van der Waals surface area contributed by atoms with Crippen LogP contribution >= 0.6 is 0 Å². The highest BCUT2D eigenvalue weighted by Crippen LogP contribution is 2.37. The molecule has 1 aromatic rings. The summed E-state index contributed by atoms with van der Waals surface area (Å²) in [6, 6.07) is 6.35. The van der Waals surface area contributed by atoms with E-state index in [1.165, 1.54) is 11.1 Å². The fraction of sp³-hybridized carbons (Fsp3) is 0.647. The molecule has 0 spiro atoms. The first-order valence-electron chi connectivity index (χ1n) is 7.92. The van der Waals surface area contributed by atoms with Gasteiger partial charge in [0.15, 0.2) is 6.29 Å². The van der Waals surface area contributed by atoms with Crippen LogP contribution in [0.4, 0.5) is 0 Å². The molecule has 1 heterocycles. The summed E-state index contributed by atoms with van der Waals surface area (Å²) in [5.41, 5.74) is 2.93. The number of methoxy groups -OCH3 is 1. The molecule has 2 unspecified atom stereocenters. The third-order valence-corrected chi connectivity index (χ3v) is 5.36. The van der Waals surface area contributed by atoms with Crippen molar-refractivity contribution in [2.75, 3.05) is 7.11 Å². The number of benzene rings is 1. The topological polar surface area (TPSA) is 47.9 Å². The molecule has 0 amide bonds. The lowest BCUT2D eigenvalue weighted by molar-refractivity contribution is -0.109. The van der Waals surface area contributed by atoms with E-state index in [4.69, 9.17) is 14.0 Å². The molecule has 0 aromatic heterocycles. The van der Waals surface area contributed by atoms with Crippen molar-refractivity contribution < 1.29 is 19.2 Å². The maximum atomic E-state index is 9.88. The fourth-order valence-electron chi connectivity index (χ4n) is 3.19. The van der Waals surface area contributed by atoms with Crippen LogP contribution in [-0.4, -0.2) is 36.8 Å². The number of aliphatic hydroxyl groups is 1. The second kappa shape index (κ2) is 5.34. The standard InChI is InChI=1S/C17H25BO4/c1-16(2)17(3,4)22-18(21-16)14-7-6-11-8-13(15(19)20-5)9-12(11)10-14/h6-7,10,13,15,19H,8-9H2,1-5H3. The smallest absolute Gasteiger partial charge is 0.399 e. The first kappa shape index (κ1) is 16.0. The lowest BCUT2D eigenvalue weighted by Crippen LogP contribution is -2.41. The van der Waals surface area contributed by atoms with Gasteiger partial charge in [0.25, 0.3) is 0 Å². The molecule has 1 aromatic carbocycles. The molecule has 0 radical (unpaired) electrons. The summed E-state index contributed by atoms with van der Waals surface area (Å²) < 4.78 is 17.3. The molecular formula is C17H25BO4. The lowest BCUT2D eigenvalue weighted by Gasteiger charge is -2.32. The molecule has 0 bridgehead atoms. The molecule has 1 fully saturated rings. The molecule has 3 rings (SSSR count). The molecule has 0 saturated carbocycles. The van der Waals surface area contributed by atoms with Gasteiger partial charge in [-0.25, -0.2) is 0 Å². The zero-order valence-electron chi connectivity index (χ0n) is 14.1. The lowest BCUT2D eigenvalue weighted by atomic mass is 9.78. The van der Waals surface area contributed by atoms with Gasteiger partial charge in [-0.1, -0.05) is 18.2 Å². The van der Waals surface area contributed by atoms with Gasteiger partial charge in [0.2, 0.25) is 0 Å². The van der Waals surface area contributed by atoms with Gasteiger partial charge in [-0.2, -0.15) is 0 Å². The SMILES string of the molecule is COC(O)C1Cc2ccc(B3OC(C)(C)C(C)(C)O3)cc2C1. The van der Waals surface area contributed by atoms with Crippen LogP contribution in [0.25, 0.3) is 0 Å². The van der Waals surface area contributed by atoms with Crippen LogP contribution in [0.15, 0.2) is 18.2 Å². The van der Waals surface area contributed by atoms with Gasteiger partial charge in [0, 0.05) is 13.0 Å². The van der Waals surface area contributed by atoms with Gasteiger partial charge < -0.3 is 19.2 Å². The molecule has 5 heteroatoms. The Hall–Kier alpha value is -0.875. The summed E-state index contributed by atoms with van der Waals surface area (Å²) in [6.07, 6.45) is 0.985. The largest absolute Gasteiger partial charge is 0.494 e. The minimum atomic E-state index is -0.701. The van der Waals surface area contributed by atoms with Crippen LogP contribution in [0, 0.1) is 5.92 Å². The number of fused-ring (bicyclic) bond motifs is 1. The Morgan fingerprint density at radius 3 is 2.32 bits per heavy atom. The molecule has 1 N–H and O–H groups in total. The normalized spacial score (nSPS) is 27.0. The summed E-state index contributed by atoms with van der Waals surface area (Å²) in [5.74, 6) is 0.133. The third kappa shape index (κ3) is 2.60. The highest BCUT2D eigenvalue weighted by Gasteiger charge is 2.51. The van der Waals surface area contributed by atoms with Crippen molar-refractivity contribution in [3.63, 3.8) is 0 Å². The van der Waals surface area contributed by atoms with Crippen LogP contribution in [0.3, 0.4) is 0 Å². The highest BCUT2D eigenvalue weighted by molar-refractivity contribution is 6.62. The van der Waals surface area contributed by atoms with E-state index >= 15 is 0 Å². The number of hydrogen-bond acceptors (Lipinski definition) is 4. The summed E-state index contributed by atoms with van der Waals surface area (Å²) in [4.78, 5) is 0. The second-order valence-electron chi connectivity index (χ2n) is 7.41. The quantitative estimate of drug-likeness (QED) is 0.681. The van der Waals surface area contributed by atoms with Crippen molar-refractivity contribution in [2.45, 2.75) is 58.0 Å². The number of hydrogen-bond donors (Lipinski definition) is 1. The molecule has 120 valence electrons. The van der Waals surface area contributed by atoms with Gasteiger partial charge in [0.05, 0.1) is 11.2 Å². The van der Waals surface area contributed by atoms with Crippen molar-refractivity contribution in [1.82, 2.24) is 0 Å². The zero-order chi connectivity index (χ0) is 16.1. The Morgan fingerprint density at radius 2 is 1.73 bits per heavy atom. The average Bonchev–Trinajstić information content (AvgIpc) is 2.96. The van der Waals surface area contributed by atoms with Crippen molar-refractivity contribution in [3.8, 4) is 0 Å². The van der Waals surface area contributed by atoms with E-state index in [0.29, 0.717) is 0 Å². The number of rotatable bonds is 3. The van der Waals surface area contributed by atoms with E-state index in [-0.39, 0.29) is 24.2 Å². The molecule has 22 heavy (non-hydrogen) atoms. The van der Waals surface area contributed by atoms with Crippen LogP contribution in [0.2, 0.25) is 0 Å². The van der Waals surface area contributed by atoms with E-state index in [1.54, 1.807) is 7.11 Å². The Kier molecular flexibility index (Phi) is 3.88. The Labute approximate surface area is 132 Å². The monoisotopic (exact) mass is 304 g/mol. The summed E-state index contributed by atoms with van der Waals surface area (Å²) in [7, 11) is 1.21. The van der Waals surface area contributed by atoms with Gasteiger partial charge in [-0.15, -0.1) is 0 Å². The van der Waals surface area contributed by atoms with Gasteiger partial charge >= 0.3 is 7.12 Å². The van der Waals surface area contributed by atoms with Crippen molar-refractivity contribution in [3.05, 3.63) is 29.3 Å². The van der Waals surface area contributed by atoms with Crippen LogP contribution in [-0.2, 0) is 26.9 Å². The highest BCUT2D eigenvalue weighted by atomic mass is 16.7. The van der Waals surface area contributed by atoms with E-state index in [9.17, 15) is 5.11 Å². The minimum Gasteiger partial charge on any atom is -0.399 e. The third-order valence-electron chi connectivity index (χ3n) is 5.36. The van der Waals surface area contributed by atoms with E-state index in [2.05, 4.69) is 45.9 Å². The van der Waals surface area contributed by atoms with Gasteiger partial charge in [-0.3, -0.25) is 0 Å². The molecule has 1 aliphatic heterocycles. The fourth-order valence-corrected chi connectivity index (χ4v) is 3.19. The van der Waals surface area contributed by atoms with Crippen LogP contribution in [0.5, 0.6) is 0 Å². The summed E-state index contributed by atoms with van der Waals surface area (Å²) >= 11 is 0. The van der Waals surface area contributed by atoms with Crippen LogP contribution < -0.4 is 5.46 Å². The maximum Gasteiger partial charge on any atom is 0.494 e. The number of ether oxygens (including phenoxy) is 1. The van der Waals surface area contributed by atoms with E-state index in [1.807, 2.05) is 0 Å². The predicted molar refractivity (Wildman–Crippen MR) is 86.1 cm³/mol. The zero-order valence-corrected chi connectivity index (χ0v) is 14.1. The second-order valence-corrected chi connectivity index (χ2v) is 7.41. The molecule has 4 nitrogen and oxygen atoms in total. The van der Waals surface area contributed by atoms with Gasteiger partial charge in [-0.05, 0) is 57.1 Å². The van der Waals surface area contributed by atoms with Crippen molar-refractivity contribution >= 4 is 12.6 Å². The summed E-state index contributed by atoms with van der Waals surface area (Å²) in [5, 5.41) is 9.88. The molecule has 1 saturated heterocycles. The Morgan fingerprint density at radius 1 is 1.14 bits per heavy atom. The predicted octanol–water partition coefficient (Wildman–Crippen LogP) is 1.67. The first-order chi connectivity index (χ1) is 10.2. The van der Waals surface area contributed by atoms with Crippen molar-refractivity contribution in [2.24, 2.45) is 5.92 Å². The maximum absolute atomic E-state index is 9.88. The summed E-state index contributed by atoms with van der Waals surface area (Å²) in [6.45, 7) is 8.24. The molecule has 1 aliphatic carbocycles. The Bertz CT molecular complexity index is 554. The molecular weight excluding hydrogens is 279 g/mol. The van der Waals surface area contributed by atoms with Crippen molar-refractivity contribution in [1.29, 1.82) is 0 Å². The Balaban J connectivity index is 1.80. The van der Waals surface area contributed by atoms with Gasteiger partial charge in [0.1, 0.15) is 0 Å². The number of aliphatic hydroxyl groups excluding tert-OH is 1. The van der Waals surface area contributed by atoms with Crippen LogP contribution in [0.1, 0.15) is 38.8 Å². The molecule has 2 atom stereocenters. The van der Waals surface area contributed by atoms with E-state index in [0.717, 1.165) is 18.3 Å². The first-order valence-corrected chi connectivity index (χ1v) is 7.92. The average molecular weight is 304 g/mol.